The largest absolute Gasteiger partial charge is 0.456 e. The van der Waals surface area contributed by atoms with Gasteiger partial charge in [-0.05, 0) is 17.7 Å². The van der Waals surface area contributed by atoms with Gasteiger partial charge in [0.2, 0.25) is 0 Å². The van der Waals surface area contributed by atoms with E-state index in [9.17, 15) is 4.79 Å². The number of pyridine rings is 1. The molecule has 0 amide bonds. The van der Waals surface area contributed by atoms with E-state index in [4.69, 9.17) is 4.74 Å². The Morgan fingerprint density at radius 1 is 0.828 bits per heavy atom. The summed E-state index contributed by atoms with van der Waals surface area (Å²) < 4.78 is 5.53. The summed E-state index contributed by atoms with van der Waals surface area (Å²) in [6, 6.07) is 29.4. The minimum atomic E-state index is -0.432. The molecule has 0 spiro atoms. The van der Waals surface area contributed by atoms with Crippen LogP contribution in [0.15, 0.2) is 91.0 Å². The first kappa shape index (κ1) is 17.2. The number of hydrogen-bond acceptors (Lipinski definition) is 3. The van der Waals surface area contributed by atoms with Crippen LogP contribution in [0.5, 0.6) is 0 Å². The lowest BCUT2D eigenvalue weighted by molar-refractivity contribution is 0.0466. The first-order valence-electron chi connectivity index (χ1n) is 9.47. The molecular formula is C25H18N2O2. The second-order valence-corrected chi connectivity index (χ2v) is 6.88. The van der Waals surface area contributed by atoms with Crippen molar-refractivity contribution in [2.24, 2.45) is 0 Å². The molecule has 1 N–H and O–H groups in total. The molecular weight excluding hydrogens is 360 g/mol. The zero-order chi connectivity index (χ0) is 19.6. The molecule has 5 aromatic rings. The van der Waals surface area contributed by atoms with E-state index in [1.54, 1.807) is 0 Å². The lowest BCUT2D eigenvalue weighted by Gasteiger charge is -2.08. The van der Waals surface area contributed by atoms with Gasteiger partial charge in [-0.2, -0.15) is 0 Å². The molecule has 4 nitrogen and oxygen atoms in total. The fourth-order valence-electron chi connectivity index (χ4n) is 3.55. The fourth-order valence-corrected chi connectivity index (χ4v) is 3.55. The molecule has 2 heterocycles. The molecule has 5 rings (SSSR count). The second kappa shape index (κ2) is 7.24. The number of carbonyl (C=O) groups is 1. The fraction of sp³-hybridized carbons (Fsp3) is 0.0400. The maximum Gasteiger partial charge on any atom is 0.357 e. The summed E-state index contributed by atoms with van der Waals surface area (Å²) in [5.74, 6) is -0.432. The molecule has 2 aromatic heterocycles. The average molecular weight is 378 g/mol. The summed E-state index contributed by atoms with van der Waals surface area (Å²) in [4.78, 5) is 20.9. The van der Waals surface area contributed by atoms with Crippen LogP contribution in [0, 0.1) is 0 Å². The van der Waals surface area contributed by atoms with E-state index in [0.717, 1.165) is 38.6 Å². The molecule has 0 fully saturated rings. The van der Waals surface area contributed by atoms with E-state index in [2.05, 4.69) is 9.97 Å². The number of benzene rings is 3. The SMILES string of the molecule is O=C(OCc1ccccc1)c1cc2c([nH]c3ccccc32)c(-c2ccccc2)n1. The van der Waals surface area contributed by atoms with Gasteiger partial charge in [0.05, 0.1) is 11.2 Å². The highest BCUT2D eigenvalue weighted by Crippen LogP contribution is 2.32. The summed E-state index contributed by atoms with van der Waals surface area (Å²) in [5.41, 5.74) is 4.86. The van der Waals surface area contributed by atoms with Crippen LogP contribution >= 0.6 is 0 Å². The summed E-state index contributed by atoms with van der Waals surface area (Å²) >= 11 is 0. The van der Waals surface area contributed by atoms with Gasteiger partial charge >= 0.3 is 5.97 Å². The summed E-state index contributed by atoms with van der Waals surface area (Å²) in [7, 11) is 0. The van der Waals surface area contributed by atoms with Crippen LogP contribution in [0.4, 0.5) is 0 Å². The van der Waals surface area contributed by atoms with Gasteiger partial charge in [0.25, 0.3) is 0 Å². The number of ether oxygens (including phenoxy) is 1. The first-order valence-corrected chi connectivity index (χ1v) is 9.47. The van der Waals surface area contributed by atoms with E-state index in [0.29, 0.717) is 5.69 Å². The number of fused-ring (bicyclic) bond motifs is 3. The monoisotopic (exact) mass is 378 g/mol. The highest BCUT2D eigenvalue weighted by Gasteiger charge is 2.17. The zero-order valence-electron chi connectivity index (χ0n) is 15.6. The van der Waals surface area contributed by atoms with Crippen molar-refractivity contribution in [1.29, 1.82) is 0 Å². The predicted octanol–water partition coefficient (Wildman–Crippen LogP) is 5.74. The van der Waals surface area contributed by atoms with Gasteiger partial charge in [-0.25, -0.2) is 9.78 Å². The van der Waals surface area contributed by atoms with E-state index >= 15 is 0 Å². The van der Waals surface area contributed by atoms with E-state index in [1.165, 1.54) is 0 Å². The molecule has 4 heteroatoms. The van der Waals surface area contributed by atoms with E-state index < -0.39 is 5.97 Å². The average Bonchev–Trinajstić information content (AvgIpc) is 3.17. The first-order chi connectivity index (χ1) is 14.3. The van der Waals surface area contributed by atoms with Crippen molar-refractivity contribution in [1.82, 2.24) is 9.97 Å². The third-order valence-corrected chi connectivity index (χ3v) is 4.97. The quantitative estimate of drug-likeness (QED) is 0.406. The van der Waals surface area contributed by atoms with E-state index in [-0.39, 0.29) is 6.61 Å². The van der Waals surface area contributed by atoms with Gasteiger partial charge in [-0.3, -0.25) is 0 Å². The van der Waals surface area contributed by atoms with Gasteiger partial charge < -0.3 is 9.72 Å². The minimum Gasteiger partial charge on any atom is -0.456 e. The van der Waals surface area contributed by atoms with Crippen molar-refractivity contribution in [3.05, 3.63) is 102 Å². The van der Waals surface area contributed by atoms with E-state index in [1.807, 2.05) is 91.0 Å². The normalized spacial score (nSPS) is 11.0. The van der Waals surface area contributed by atoms with Crippen LogP contribution in [0.1, 0.15) is 16.1 Å². The Morgan fingerprint density at radius 3 is 2.31 bits per heavy atom. The molecule has 140 valence electrons. The van der Waals surface area contributed by atoms with Crippen LogP contribution in [0.25, 0.3) is 33.1 Å². The number of carbonyl (C=O) groups excluding carboxylic acids is 1. The maximum absolute atomic E-state index is 12.8. The summed E-state index contributed by atoms with van der Waals surface area (Å²) in [6.45, 7) is 0.216. The number of nitrogens with one attached hydrogen (secondary N) is 1. The summed E-state index contributed by atoms with van der Waals surface area (Å²) in [5, 5.41) is 2.01. The Kier molecular flexibility index (Phi) is 4.30. The number of aromatic nitrogens is 2. The molecule has 0 aliphatic rings. The predicted molar refractivity (Wildman–Crippen MR) is 115 cm³/mol. The third-order valence-electron chi connectivity index (χ3n) is 4.97. The van der Waals surface area contributed by atoms with Gasteiger partial charge in [0.1, 0.15) is 12.3 Å². The maximum atomic E-state index is 12.8. The van der Waals surface area contributed by atoms with Gasteiger partial charge in [-0.15, -0.1) is 0 Å². The Balaban J connectivity index is 1.62. The van der Waals surface area contributed by atoms with Crippen molar-refractivity contribution in [3.8, 4) is 11.3 Å². The highest BCUT2D eigenvalue weighted by atomic mass is 16.5. The Labute approximate surface area is 167 Å². The van der Waals surface area contributed by atoms with Crippen molar-refractivity contribution < 1.29 is 9.53 Å². The molecule has 0 radical (unpaired) electrons. The second-order valence-electron chi connectivity index (χ2n) is 6.88. The minimum absolute atomic E-state index is 0.216. The van der Waals surface area contributed by atoms with Crippen molar-refractivity contribution >= 4 is 27.8 Å². The molecule has 0 aliphatic heterocycles. The molecule has 0 saturated carbocycles. The standard InChI is InChI=1S/C25H18N2O2/c28-25(29-16-17-9-3-1-4-10-17)22-15-20-19-13-7-8-14-21(19)26-24(20)23(27-22)18-11-5-2-6-12-18/h1-15,26H,16H2. The Morgan fingerprint density at radius 2 is 1.52 bits per heavy atom. The van der Waals surface area contributed by atoms with Crippen molar-refractivity contribution in [2.45, 2.75) is 6.61 Å². The molecule has 0 saturated heterocycles. The Hall–Kier alpha value is -3.92. The Bertz CT molecular complexity index is 1310. The van der Waals surface area contributed by atoms with Crippen LogP contribution in [-0.2, 0) is 11.3 Å². The lowest BCUT2D eigenvalue weighted by atomic mass is 10.1. The number of esters is 1. The molecule has 0 aliphatic carbocycles. The number of H-pyrrole nitrogens is 1. The number of rotatable bonds is 4. The molecule has 0 unspecified atom stereocenters. The van der Waals surface area contributed by atoms with Crippen molar-refractivity contribution in [2.75, 3.05) is 0 Å². The van der Waals surface area contributed by atoms with Crippen LogP contribution in [0.3, 0.4) is 0 Å². The molecule has 29 heavy (non-hydrogen) atoms. The number of nitrogens with zero attached hydrogens (tertiary/aromatic N) is 1. The van der Waals surface area contributed by atoms with Crippen molar-refractivity contribution in [3.63, 3.8) is 0 Å². The number of para-hydroxylation sites is 1. The lowest BCUT2D eigenvalue weighted by Crippen LogP contribution is -2.08. The molecule has 3 aromatic carbocycles. The van der Waals surface area contributed by atoms with Crippen LogP contribution in [-0.4, -0.2) is 15.9 Å². The van der Waals surface area contributed by atoms with Crippen LogP contribution < -0.4 is 0 Å². The van der Waals surface area contributed by atoms with Gasteiger partial charge in [0.15, 0.2) is 0 Å². The highest BCUT2D eigenvalue weighted by molar-refractivity contribution is 6.12. The molecule has 0 bridgehead atoms. The third kappa shape index (κ3) is 3.25. The smallest absolute Gasteiger partial charge is 0.357 e. The topological polar surface area (TPSA) is 55.0 Å². The van der Waals surface area contributed by atoms with Gasteiger partial charge in [-0.1, -0.05) is 78.9 Å². The summed E-state index contributed by atoms with van der Waals surface area (Å²) in [6.07, 6.45) is 0. The number of hydrogen-bond donors (Lipinski definition) is 1. The number of aromatic amines is 1. The molecule has 0 atom stereocenters. The van der Waals surface area contributed by atoms with Gasteiger partial charge in [0, 0.05) is 21.9 Å². The zero-order valence-corrected chi connectivity index (χ0v) is 15.6. The van der Waals surface area contributed by atoms with Crippen LogP contribution in [0.2, 0.25) is 0 Å².